The number of halogens is 1. The maximum absolute atomic E-state index is 14.8. The Labute approximate surface area is 233 Å². The Balaban J connectivity index is 1.51. The van der Waals surface area contributed by atoms with Crippen molar-refractivity contribution in [2.45, 2.75) is 97.3 Å². The van der Waals surface area contributed by atoms with Crippen molar-refractivity contribution in [1.29, 1.82) is 0 Å². The number of imidazole rings is 1. The van der Waals surface area contributed by atoms with Gasteiger partial charge in [0.05, 0.1) is 0 Å². The van der Waals surface area contributed by atoms with E-state index >= 15 is 0 Å². The van der Waals surface area contributed by atoms with Crippen molar-refractivity contribution in [2.75, 3.05) is 5.32 Å². The summed E-state index contributed by atoms with van der Waals surface area (Å²) in [5, 5.41) is 6.35. The molecule has 6 rings (SSSR count). The van der Waals surface area contributed by atoms with Gasteiger partial charge in [-0.25, -0.2) is 24.7 Å². The van der Waals surface area contributed by atoms with Crippen LogP contribution in [0.25, 0.3) is 22.7 Å². The van der Waals surface area contributed by atoms with Crippen molar-refractivity contribution < 1.29 is 14.0 Å². The van der Waals surface area contributed by atoms with E-state index in [9.17, 15) is 9.18 Å². The maximum Gasteiger partial charge on any atom is 0.427 e. The topological polar surface area (TPSA) is 119 Å². The van der Waals surface area contributed by atoms with Crippen molar-refractivity contribution in [2.24, 2.45) is 17.8 Å². The van der Waals surface area contributed by atoms with E-state index in [1.807, 2.05) is 19.9 Å². The van der Waals surface area contributed by atoms with Crippen LogP contribution < -0.4 is 16.1 Å². The highest BCUT2D eigenvalue weighted by Gasteiger charge is 2.32. The Morgan fingerprint density at radius 3 is 2.50 bits per heavy atom. The first-order chi connectivity index (χ1) is 19.2. The van der Waals surface area contributed by atoms with Crippen LogP contribution in [0.4, 0.5) is 15.0 Å². The summed E-state index contributed by atoms with van der Waals surface area (Å²) < 4.78 is 17.0. The molecule has 3 aromatic rings. The zero-order valence-electron chi connectivity index (χ0n) is 23.7. The molecular weight excluding hydrogens is 511 g/mol. The number of pyridine rings is 1. The Hall–Kier alpha value is -3.34. The number of amides is 1. The first-order valence-electron chi connectivity index (χ1n) is 14.7. The van der Waals surface area contributed by atoms with Gasteiger partial charge >= 0.3 is 6.09 Å². The van der Waals surface area contributed by atoms with Crippen LogP contribution in [0, 0.1) is 23.7 Å². The molecule has 0 bridgehead atoms. The third-order valence-corrected chi connectivity index (χ3v) is 8.92. The Kier molecular flexibility index (Phi) is 7.33. The molecule has 1 amide bonds. The van der Waals surface area contributed by atoms with Crippen LogP contribution >= 0.6 is 0 Å². The molecule has 0 aromatic carbocycles. The van der Waals surface area contributed by atoms with Crippen molar-refractivity contribution in [3.8, 4) is 11.5 Å². The summed E-state index contributed by atoms with van der Waals surface area (Å²) in [6, 6.07) is 3.62. The van der Waals surface area contributed by atoms with Crippen molar-refractivity contribution in [3.05, 3.63) is 29.5 Å². The molecule has 40 heavy (non-hydrogen) atoms. The summed E-state index contributed by atoms with van der Waals surface area (Å²) in [7, 11) is 0. The van der Waals surface area contributed by atoms with Crippen LogP contribution in [0.3, 0.4) is 0 Å². The van der Waals surface area contributed by atoms with E-state index in [0.29, 0.717) is 40.6 Å². The van der Waals surface area contributed by atoms with Crippen molar-refractivity contribution in [1.82, 2.24) is 35.3 Å². The number of fused-ring (bicyclic) bond motifs is 1. The van der Waals surface area contributed by atoms with Crippen LogP contribution in [0.2, 0.25) is 0 Å². The highest BCUT2D eigenvalue weighted by Crippen LogP contribution is 2.36. The van der Waals surface area contributed by atoms with Crippen LogP contribution in [-0.2, 0) is 11.4 Å². The van der Waals surface area contributed by atoms with E-state index < -0.39 is 18.2 Å². The molecule has 3 fully saturated rings. The fraction of sp³-hybridized carbons (Fsp3) is 0.621. The van der Waals surface area contributed by atoms with Gasteiger partial charge < -0.3 is 14.7 Å². The third kappa shape index (κ3) is 5.35. The minimum atomic E-state index is -0.704. The number of hydrogen-bond acceptors (Lipinski definition) is 8. The van der Waals surface area contributed by atoms with Crippen molar-refractivity contribution in [3.63, 3.8) is 0 Å². The summed E-state index contributed by atoms with van der Waals surface area (Å²) in [4.78, 5) is 35.6. The fourth-order valence-electron chi connectivity index (χ4n) is 6.07. The van der Waals surface area contributed by atoms with Gasteiger partial charge in [-0.3, -0.25) is 5.32 Å². The van der Waals surface area contributed by atoms with Gasteiger partial charge in [0.25, 0.3) is 0 Å². The zero-order chi connectivity index (χ0) is 28.0. The number of nitrogens with zero attached hydrogens (tertiary/aromatic N) is 5. The summed E-state index contributed by atoms with van der Waals surface area (Å²) in [6.45, 7) is 9.31. The van der Waals surface area contributed by atoms with E-state index in [2.05, 4.69) is 39.5 Å². The van der Waals surface area contributed by atoms with Gasteiger partial charge in [-0.15, -0.1) is 5.48 Å². The number of aromatic nitrogens is 5. The SMILES string of the molecule is CC1CCC(Cn2c(-c3cc(C(C)C)cc(F)n3)nc3nc(C4NOC(=O)N4)nc(N[C@H](C)C4CCC4)c32)CC1. The quantitative estimate of drug-likeness (QED) is 0.300. The number of carbonyl (C=O) groups is 1. The van der Waals surface area contributed by atoms with Crippen LogP contribution in [0.1, 0.15) is 96.1 Å². The first-order valence-corrected chi connectivity index (χ1v) is 14.7. The fourth-order valence-corrected chi connectivity index (χ4v) is 6.07. The normalized spacial score (nSPS) is 24.1. The number of carbonyl (C=O) groups excluding carboxylic acids is 1. The van der Waals surface area contributed by atoms with E-state index in [-0.39, 0.29) is 12.0 Å². The number of hydrogen-bond donors (Lipinski definition) is 3. The lowest BCUT2D eigenvalue weighted by molar-refractivity contribution is 0.120. The molecule has 4 heterocycles. The number of rotatable bonds is 8. The summed E-state index contributed by atoms with van der Waals surface area (Å²) >= 11 is 0. The minimum absolute atomic E-state index is 0.137. The summed E-state index contributed by atoms with van der Waals surface area (Å²) in [5.74, 6) is 2.96. The predicted molar refractivity (Wildman–Crippen MR) is 150 cm³/mol. The molecule has 11 heteroatoms. The Morgan fingerprint density at radius 1 is 1.07 bits per heavy atom. The predicted octanol–water partition coefficient (Wildman–Crippen LogP) is 5.82. The second-order valence-corrected chi connectivity index (χ2v) is 12.2. The standard InChI is InChI=1S/C29H39FN8O2/c1-15(2)20-12-21(32-22(30)13-20)28-35-25-23(38(28)14-18-10-8-16(3)9-11-18)24(31-17(4)19-6-5-7-19)33-26(34-25)27-36-29(39)40-37-27/h12-13,15-19,27,37H,5-11,14H2,1-4H3,(H,36,39)(H,31,33,34)/t16?,17-,18?,27?/m1/s1. The molecule has 3 aliphatic rings. The first kappa shape index (κ1) is 26.9. The van der Waals surface area contributed by atoms with E-state index in [4.69, 9.17) is 19.8 Å². The largest absolute Gasteiger partial charge is 0.427 e. The van der Waals surface area contributed by atoms with Gasteiger partial charge in [-0.05, 0) is 74.0 Å². The van der Waals surface area contributed by atoms with Gasteiger partial charge in [-0.1, -0.05) is 40.0 Å². The highest BCUT2D eigenvalue weighted by molar-refractivity contribution is 5.87. The lowest BCUT2D eigenvalue weighted by Gasteiger charge is -2.32. The lowest BCUT2D eigenvalue weighted by atomic mass is 9.80. The molecule has 1 saturated heterocycles. The van der Waals surface area contributed by atoms with E-state index in [1.165, 1.54) is 38.2 Å². The van der Waals surface area contributed by atoms with Gasteiger partial charge in [-0.2, -0.15) is 4.39 Å². The molecule has 2 atom stereocenters. The molecule has 3 aromatic heterocycles. The Morgan fingerprint density at radius 2 is 1.85 bits per heavy atom. The molecule has 1 aliphatic heterocycles. The molecule has 10 nitrogen and oxygen atoms in total. The molecule has 0 radical (unpaired) electrons. The maximum atomic E-state index is 14.8. The molecule has 2 saturated carbocycles. The molecule has 2 aliphatic carbocycles. The second kappa shape index (κ2) is 10.9. The molecule has 0 spiro atoms. The zero-order valence-corrected chi connectivity index (χ0v) is 23.7. The summed E-state index contributed by atoms with van der Waals surface area (Å²) in [6.07, 6.45) is 6.95. The highest BCUT2D eigenvalue weighted by atomic mass is 19.1. The molecule has 1 unspecified atom stereocenters. The van der Waals surface area contributed by atoms with Crippen molar-refractivity contribution >= 4 is 23.1 Å². The molecular formula is C29H39FN8O2. The van der Waals surface area contributed by atoms with Gasteiger partial charge in [0.2, 0.25) is 5.95 Å². The van der Waals surface area contributed by atoms with Crippen LogP contribution in [0.15, 0.2) is 12.1 Å². The Bertz CT molecular complexity index is 1400. The van der Waals surface area contributed by atoms with Gasteiger partial charge in [0.1, 0.15) is 11.2 Å². The average molecular weight is 551 g/mol. The monoisotopic (exact) mass is 550 g/mol. The van der Waals surface area contributed by atoms with Gasteiger partial charge in [0.15, 0.2) is 29.3 Å². The van der Waals surface area contributed by atoms with Crippen LogP contribution in [0.5, 0.6) is 0 Å². The number of nitrogens with one attached hydrogen (secondary N) is 3. The lowest BCUT2D eigenvalue weighted by Crippen LogP contribution is -2.32. The minimum Gasteiger partial charge on any atom is -0.365 e. The number of hydroxylamine groups is 1. The van der Waals surface area contributed by atoms with E-state index in [1.54, 1.807) is 0 Å². The average Bonchev–Trinajstić information content (AvgIpc) is 3.47. The third-order valence-electron chi connectivity index (χ3n) is 8.92. The summed E-state index contributed by atoms with van der Waals surface area (Å²) in [5.41, 5.74) is 5.27. The smallest absolute Gasteiger partial charge is 0.365 e. The molecule has 3 N–H and O–H groups in total. The number of anilines is 1. The van der Waals surface area contributed by atoms with E-state index in [0.717, 1.165) is 36.4 Å². The molecule has 214 valence electrons. The second-order valence-electron chi connectivity index (χ2n) is 12.2. The van der Waals surface area contributed by atoms with Crippen LogP contribution in [-0.4, -0.2) is 36.6 Å². The van der Waals surface area contributed by atoms with Gasteiger partial charge in [0, 0.05) is 12.6 Å².